The molecule has 2 aromatic rings. The first-order valence-corrected chi connectivity index (χ1v) is 5.80. The standard InChI is InChI=1S/C12H15N5O2/c1-16-8-14-17(12(16)19)7-6-11(18)15-10-5-3-2-4-9(10)13/h2-5,8H,6-7,13H2,1H3,(H,15,18). The van der Waals surface area contributed by atoms with Crippen molar-refractivity contribution in [2.45, 2.75) is 13.0 Å². The maximum Gasteiger partial charge on any atom is 0.345 e. The fourth-order valence-electron chi connectivity index (χ4n) is 1.61. The third kappa shape index (κ3) is 3.01. The van der Waals surface area contributed by atoms with Gasteiger partial charge in [0.25, 0.3) is 0 Å². The molecule has 0 aliphatic carbocycles. The van der Waals surface area contributed by atoms with Crippen LogP contribution in [0.15, 0.2) is 35.4 Å². The molecular weight excluding hydrogens is 246 g/mol. The average molecular weight is 261 g/mol. The number of hydrogen-bond acceptors (Lipinski definition) is 4. The molecule has 0 radical (unpaired) electrons. The first-order chi connectivity index (χ1) is 9.08. The number of aromatic nitrogens is 3. The van der Waals surface area contributed by atoms with Gasteiger partial charge in [-0.3, -0.25) is 9.36 Å². The fraction of sp³-hybridized carbons (Fsp3) is 0.250. The lowest BCUT2D eigenvalue weighted by Gasteiger charge is -2.07. The van der Waals surface area contributed by atoms with Crippen LogP contribution in [0.25, 0.3) is 0 Å². The van der Waals surface area contributed by atoms with Crippen molar-refractivity contribution in [3.8, 4) is 0 Å². The molecule has 0 aliphatic heterocycles. The van der Waals surface area contributed by atoms with Crippen molar-refractivity contribution in [1.29, 1.82) is 0 Å². The Morgan fingerprint density at radius 2 is 2.16 bits per heavy atom. The van der Waals surface area contributed by atoms with E-state index in [0.717, 1.165) is 0 Å². The van der Waals surface area contributed by atoms with Crippen LogP contribution in [0.2, 0.25) is 0 Å². The van der Waals surface area contributed by atoms with Gasteiger partial charge in [0, 0.05) is 13.5 Å². The summed E-state index contributed by atoms with van der Waals surface area (Å²) < 4.78 is 2.60. The SMILES string of the molecule is Cn1cnn(CCC(=O)Nc2ccccc2N)c1=O. The van der Waals surface area contributed by atoms with Crippen LogP contribution in [0, 0.1) is 0 Å². The molecule has 0 fully saturated rings. The molecule has 1 heterocycles. The molecule has 0 unspecified atom stereocenters. The maximum absolute atomic E-state index is 11.7. The molecule has 0 bridgehead atoms. The van der Waals surface area contributed by atoms with Crippen LogP contribution >= 0.6 is 0 Å². The van der Waals surface area contributed by atoms with Crippen LogP contribution in [0.5, 0.6) is 0 Å². The van der Waals surface area contributed by atoms with E-state index < -0.39 is 0 Å². The zero-order valence-corrected chi connectivity index (χ0v) is 10.5. The van der Waals surface area contributed by atoms with Crippen LogP contribution in [-0.4, -0.2) is 20.3 Å². The number of benzene rings is 1. The third-order valence-electron chi connectivity index (χ3n) is 2.67. The molecule has 1 amide bonds. The molecule has 19 heavy (non-hydrogen) atoms. The smallest absolute Gasteiger partial charge is 0.345 e. The summed E-state index contributed by atoms with van der Waals surface area (Å²) in [6.45, 7) is 0.234. The highest BCUT2D eigenvalue weighted by Gasteiger charge is 2.07. The van der Waals surface area contributed by atoms with Gasteiger partial charge in [-0.1, -0.05) is 12.1 Å². The molecule has 0 spiro atoms. The van der Waals surface area contributed by atoms with Crippen molar-refractivity contribution >= 4 is 17.3 Å². The Bertz CT molecular complexity index is 644. The number of rotatable bonds is 4. The Morgan fingerprint density at radius 3 is 2.79 bits per heavy atom. The van der Waals surface area contributed by atoms with E-state index in [1.54, 1.807) is 31.3 Å². The van der Waals surface area contributed by atoms with Crippen molar-refractivity contribution in [3.63, 3.8) is 0 Å². The number of nitrogen functional groups attached to an aromatic ring is 1. The molecule has 1 aromatic carbocycles. The predicted molar refractivity (Wildman–Crippen MR) is 71.6 cm³/mol. The van der Waals surface area contributed by atoms with Crippen LogP contribution in [0.1, 0.15) is 6.42 Å². The average Bonchev–Trinajstić information content (AvgIpc) is 2.70. The van der Waals surface area contributed by atoms with Gasteiger partial charge in [-0.05, 0) is 12.1 Å². The van der Waals surface area contributed by atoms with E-state index in [-0.39, 0.29) is 24.6 Å². The van der Waals surface area contributed by atoms with E-state index in [2.05, 4.69) is 10.4 Å². The van der Waals surface area contributed by atoms with E-state index in [4.69, 9.17) is 5.73 Å². The van der Waals surface area contributed by atoms with Gasteiger partial charge in [-0.2, -0.15) is 5.10 Å². The van der Waals surface area contributed by atoms with Crippen LogP contribution in [-0.2, 0) is 18.4 Å². The molecule has 0 aliphatic rings. The van der Waals surface area contributed by atoms with E-state index in [9.17, 15) is 9.59 Å². The highest BCUT2D eigenvalue weighted by molar-refractivity contribution is 5.93. The largest absolute Gasteiger partial charge is 0.397 e. The molecule has 100 valence electrons. The summed E-state index contributed by atoms with van der Waals surface area (Å²) in [6, 6.07) is 7.01. The lowest BCUT2D eigenvalue weighted by atomic mass is 10.2. The summed E-state index contributed by atoms with van der Waals surface area (Å²) in [5.74, 6) is -0.213. The Balaban J connectivity index is 1.94. The van der Waals surface area contributed by atoms with Gasteiger partial charge in [0.05, 0.1) is 17.9 Å². The maximum atomic E-state index is 11.7. The summed E-state index contributed by atoms with van der Waals surface area (Å²) in [6.07, 6.45) is 1.57. The molecule has 7 nitrogen and oxygen atoms in total. The first kappa shape index (κ1) is 12.9. The number of nitrogens with two attached hydrogens (primary N) is 1. The number of carbonyl (C=O) groups is 1. The number of nitrogens with zero attached hydrogens (tertiary/aromatic N) is 3. The molecule has 3 N–H and O–H groups in total. The zero-order chi connectivity index (χ0) is 13.8. The number of anilines is 2. The molecule has 0 saturated carbocycles. The van der Waals surface area contributed by atoms with E-state index in [0.29, 0.717) is 11.4 Å². The van der Waals surface area contributed by atoms with Gasteiger partial charge in [0.2, 0.25) is 5.91 Å². The molecule has 0 saturated heterocycles. The summed E-state index contributed by atoms with van der Waals surface area (Å²) in [4.78, 5) is 23.2. The molecule has 7 heteroatoms. The number of para-hydroxylation sites is 2. The lowest BCUT2D eigenvalue weighted by Crippen LogP contribution is -2.25. The second-order valence-electron chi connectivity index (χ2n) is 4.13. The highest BCUT2D eigenvalue weighted by atomic mass is 16.2. The van der Waals surface area contributed by atoms with Crippen molar-refractivity contribution in [2.75, 3.05) is 11.1 Å². The molecule has 2 rings (SSSR count). The van der Waals surface area contributed by atoms with Crippen molar-refractivity contribution in [2.24, 2.45) is 7.05 Å². The minimum atomic E-state index is -0.243. The molecular formula is C12H15N5O2. The Hall–Kier alpha value is -2.57. The Kier molecular flexibility index (Phi) is 3.65. The second kappa shape index (κ2) is 5.38. The van der Waals surface area contributed by atoms with Gasteiger partial charge in [0.1, 0.15) is 6.33 Å². The first-order valence-electron chi connectivity index (χ1n) is 5.80. The predicted octanol–water partition coefficient (Wildman–Crippen LogP) is 0.193. The fourth-order valence-corrected chi connectivity index (χ4v) is 1.61. The normalized spacial score (nSPS) is 10.4. The van der Waals surface area contributed by atoms with Crippen molar-refractivity contribution in [1.82, 2.24) is 14.3 Å². The van der Waals surface area contributed by atoms with Crippen LogP contribution in [0.3, 0.4) is 0 Å². The Labute approximate surface area is 109 Å². The Morgan fingerprint density at radius 1 is 1.42 bits per heavy atom. The van der Waals surface area contributed by atoms with Gasteiger partial charge in [-0.25, -0.2) is 9.48 Å². The minimum absolute atomic E-state index is 0.158. The summed E-state index contributed by atoms with van der Waals surface area (Å²) >= 11 is 0. The topological polar surface area (TPSA) is 94.9 Å². The zero-order valence-electron chi connectivity index (χ0n) is 10.5. The summed E-state index contributed by atoms with van der Waals surface area (Å²) in [5.41, 5.74) is 6.55. The summed E-state index contributed by atoms with van der Waals surface area (Å²) in [5, 5.41) is 6.57. The van der Waals surface area contributed by atoms with E-state index >= 15 is 0 Å². The summed E-state index contributed by atoms with van der Waals surface area (Å²) in [7, 11) is 1.61. The lowest BCUT2D eigenvalue weighted by molar-refractivity contribution is -0.116. The van der Waals surface area contributed by atoms with E-state index in [1.807, 2.05) is 0 Å². The van der Waals surface area contributed by atoms with Gasteiger partial charge >= 0.3 is 5.69 Å². The number of aryl methyl sites for hydroxylation is 2. The quantitative estimate of drug-likeness (QED) is 0.768. The molecule has 1 aromatic heterocycles. The van der Waals surface area contributed by atoms with Gasteiger partial charge in [0.15, 0.2) is 0 Å². The number of carbonyl (C=O) groups excluding carboxylic acids is 1. The van der Waals surface area contributed by atoms with Gasteiger partial charge < -0.3 is 11.1 Å². The molecule has 0 atom stereocenters. The van der Waals surface area contributed by atoms with E-state index in [1.165, 1.54) is 15.6 Å². The monoisotopic (exact) mass is 261 g/mol. The third-order valence-corrected chi connectivity index (χ3v) is 2.67. The van der Waals surface area contributed by atoms with Gasteiger partial charge in [-0.15, -0.1) is 0 Å². The number of nitrogens with one attached hydrogen (secondary N) is 1. The van der Waals surface area contributed by atoms with Crippen LogP contribution < -0.4 is 16.7 Å². The number of hydrogen-bond donors (Lipinski definition) is 2. The van der Waals surface area contributed by atoms with Crippen molar-refractivity contribution < 1.29 is 4.79 Å². The van der Waals surface area contributed by atoms with Crippen molar-refractivity contribution in [3.05, 3.63) is 41.1 Å². The number of amides is 1. The highest BCUT2D eigenvalue weighted by Crippen LogP contribution is 2.16. The second-order valence-corrected chi connectivity index (χ2v) is 4.13. The minimum Gasteiger partial charge on any atom is -0.397 e. The van der Waals surface area contributed by atoms with Crippen LogP contribution in [0.4, 0.5) is 11.4 Å².